The normalized spacial score (nSPS) is 11.2. The van der Waals surface area contributed by atoms with Gasteiger partial charge in [0.05, 0.1) is 0 Å². The van der Waals surface area contributed by atoms with Gasteiger partial charge in [0.25, 0.3) is 0 Å². The summed E-state index contributed by atoms with van der Waals surface area (Å²) in [5.41, 5.74) is 7.07. The molecule has 0 fully saturated rings. The van der Waals surface area contributed by atoms with Gasteiger partial charge in [0.2, 0.25) is 0 Å². The van der Waals surface area contributed by atoms with Crippen molar-refractivity contribution in [1.29, 1.82) is 0 Å². The molecule has 0 saturated carbocycles. The van der Waals surface area contributed by atoms with Gasteiger partial charge in [0.1, 0.15) is 11.2 Å². The quantitative estimate of drug-likeness (QED) is 0.334. The molecule has 29 heavy (non-hydrogen) atoms. The van der Waals surface area contributed by atoms with Crippen LogP contribution >= 0.6 is 0 Å². The van der Waals surface area contributed by atoms with Gasteiger partial charge >= 0.3 is 0 Å². The van der Waals surface area contributed by atoms with E-state index >= 15 is 0 Å². The Kier molecular flexibility index (Phi) is 4.53. The molecule has 2 nitrogen and oxygen atoms in total. The zero-order valence-corrected chi connectivity index (χ0v) is 16.5. The number of anilines is 1. The Morgan fingerprint density at radius 1 is 0.621 bits per heavy atom. The fourth-order valence-corrected chi connectivity index (χ4v) is 3.94. The van der Waals surface area contributed by atoms with Gasteiger partial charge in [-0.1, -0.05) is 66.7 Å². The number of benzene rings is 4. The van der Waals surface area contributed by atoms with Gasteiger partial charge in [-0.2, -0.15) is 0 Å². The van der Waals surface area contributed by atoms with Crippen LogP contribution in [-0.2, 0) is 13.0 Å². The van der Waals surface area contributed by atoms with Crippen LogP contribution in [0.1, 0.15) is 16.7 Å². The minimum atomic E-state index is 0.855. The second-order valence-corrected chi connectivity index (χ2v) is 7.61. The predicted octanol–water partition coefficient (Wildman–Crippen LogP) is 6.81. The molecule has 0 saturated heterocycles. The highest BCUT2D eigenvalue weighted by Crippen LogP contribution is 2.29. The molecule has 0 bridgehead atoms. The summed E-state index contributed by atoms with van der Waals surface area (Å²) < 4.78 is 5.95. The lowest BCUT2D eigenvalue weighted by Crippen LogP contribution is -2.16. The summed E-state index contributed by atoms with van der Waals surface area (Å²) in [6.45, 7) is 0.855. The Labute approximate surface area is 171 Å². The average Bonchev–Trinajstić information content (AvgIpc) is 3.13. The Morgan fingerprint density at radius 3 is 2.10 bits per heavy atom. The number of rotatable bonds is 5. The third kappa shape index (κ3) is 3.62. The molecule has 0 aliphatic heterocycles. The van der Waals surface area contributed by atoms with Gasteiger partial charge in [-0.3, -0.25) is 0 Å². The molecule has 5 aromatic rings. The van der Waals surface area contributed by atoms with Crippen LogP contribution in [-0.4, -0.2) is 7.05 Å². The van der Waals surface area contributed by atoms with Crippen molar-refractivity contribution in [2.45, 2.75) is 13.0 Å². The standard InChI is InChI=1S/C27H23NO/c1-28(23-14-11-21(12-15-23)17-20-7-3-2-4-8-20)19-22-13-16-27-25(18-22)24-9-5-6-10-26(24)29-27/h2-16,18H,17,19H2,1H3. The van der Waals surface area contributed by atoms with Gasteiger partial charge < -0.3 is 9.32 Å². The molecule has 0 radical (unpaired) electrons. The Bertz CT molecular complexity index is 1250. The minimum absolute atomic E-state index is 0.855. The molecule has 4 aromatic carbocycles. The second-order valence-electron chi connectivity index (χ2n) is 7.61. The van der Waals surface area contributed by atoms with Crippen molar-refractivity contribution in [3.63, 3.8) is 0 Å². The van der Waals surface area contributed by atoms with E-state index in [4.69, 9.17) is 4.42 Å². The average molecular weight is 377 g/mol. The number of furan rings is 1. The zero-order chi connectivity index (χ0) is 19.6. The van der Waals surface area contributed by atoms with Crippen molar-refractivity contribution < 1.29 is 4.42 Å². The van der Waals surface area contributed by atoms with Crippen LogP contribution in [0.15, 0.2) is 101 Å². The van der Waals surface area contributed by atoms with E-state index in [-0.39, 0.29) is 0 Å². The predicted molar refractivity (Wildman–Crippen MR) is 122 cm³/mol. The van der Waals surface area contributed by atoms with E-state index in [2.05, 4.69) is 96.9 Å². The molecule has 2 heteroatoms. The molecule has 5 rings (SSSR count). The lowest BCUT2D eigenvalue weighted by molar-refractivity contribution is 0.668. The van der Waals surface area contributed by atoms with E-state index in [9.17, 15) is 0 Å². The smallest absolute Gasteiger partial charge is 0.135 e. The number of hydrogen-bond acceptors (Lipinski definition) is 2. The van der Waals surface area contributed by atoms with Crippen molar-refractivity contribution in [2.75, 3.05) is 11.9 Å². The molecular formula is C27H23NO. The van der Waals surface area contributed by atoms with Crippen LogP contribution in [0.2, 0.25) is 0 Å². The maximum atomic E-state index is 5.95. The van der Waals surface area contributed by atoms with Crippen molar-refractivity contribution in [3.8, 4) is 0 Å². The molecule has 0 amide bonds. The molecule has 1 heterocycles. The van der Waals surface area contributed by atoms with E-state index in [1.807, 2.05) is 12.1 Å². The first-order valence-corrected chi connectivity index (χ1v) is 10.0. The highest BCUT2D eigenvalue weighted by molar-refractivity contribution is 6.04. The van der Waals surface area contributed by atoms with E-state index in [0.29, 0.717) is 0 Å². The Hall–Kier alpha value is -3.52. The van der Waals surface area contributed by atoms with E-state index in [1.165, 1.54) is 33.2 Å². The highest BCUT2D eigenvalue weighted by Gasteiger charge is 2.09. The van der Waals surface area contributed by atoms with E-state index < -0.39 is 0 Å². The Morgan fingerprint density at radius 2 is 1.28 bits per heavy atom. The number of fused-ring (bicyclic) bond motifs is 3. The third-order valence-corrected chi connectivity index (χ3v) is 5.49. The zero-order valence-electron chi connectivity index (χ0n) is 16.5. The Balaban J connectivity index is 1.34. The van der Waals surface area contributed by atoms with Crippen LogP contribution in [0.4, 0.5) is 5.69 Å². The summed E-state index contributed by atoms with van der Waals surface area (Å²) in [7, 11) is 2.14. The first kappa shape index (κ1) is 17.6. The third-order valence-electron chi connectivity index (χ3n) is 5.49. The number of para-hydroxylation sites is 1. The summed E-state index contributed by atoms with van der Waals surface area (Å²) in [6, 6.07) is 34.2. The van der Waals surface area contributed by atoms with Crippen LogP contribution < -0.4 is 4.90 Å². The summed E-state index contributed by atoms with van der Waals surface area (Å²) in [6.07, 6.45) is 0.967. The summed E-state index contributed by atoms with van der Waals surface area (Å²) in [4.78, 5) is 2.29. The van der Waals surface area contributed by atoms with Crippen LogP contribution in [0.25, 0.3) is 21.9 Å². The van der Waals surface area contributed by atoms with Gasteiger partial charge in [-0.25, -0.2) is 0 Å². The van der Waals surface area contributed by atoms with Gasteiger partial charge in [-0.15, -0.1) is 0 Å². The largest absolute Gasteiger partial charge is 0.456 e. The fourth-order valence-electron chi connectivity index (χ4n) is 3.94. The monoisotopic (exact) mass is 377 g/mol. The minimum Gasteiger partial charge on any atom is -0.456 e. The van der Waals surface area contributed by atoms with Gasteiger partial charge in [-0.05, 0) is 53.4 Å². The van der Waals surface area contributed by atoms with Crippen LogP contribution in [0, 0.1) is 0 Å². The van der Waals surface area contributed by atoms with Crippen molar-refractivity contribution in [2.24, 2.45) is 0 Å². The first-order valence-electron chi connectivity index (χ1n) is 10.0. The second kappa shape index (κ2) is 7.48. The van der Waals surface area contributed by atoms with Crippen LogP contribution in [0.3, 0.4) is 0 Å². The van der Waals surface area contributed by atoms with Gasteiger partial charge in [0.15, 0.2) is 0 Å². The lowest BCUT2D eigenvalue weighted by Gasteiger charge is -2.20. The molecule has 0 aliphatic carbocycles. The van der Waals surface area contributed by atoms with Crippen molar-refractivity contribution in [1.82, 2.24) is 0 Å². The topological polar surface area (TPSA) is 16.4 Å². The van der Waals surface area contributed by atoms with Crippen molar-refractivity contribution in [3.05, 3.63) is 114 Å². The molecule has 0 atom stereocenters. The first-order chi connectivity index (χ1) is 14.3. The van der Waals surface area contributed by atoms with E-state index in [0.717, 1.165) is 24.1 Å². The summed E-state index contributed by atoms with van der Waals surface area (Å²) in [5.74, 6) is 0. The molecule has 142 valence electrons. The van der Waals surface area contributed by atoms with Gasteiger partial charge in [0, 0.05) is 30.1 Å². The fraction of sp³-hybridized carbons (Fsp3) is 0.111. The maximum absolute atomic E-state index is 5.95. The van der Waals surface area contributed by atoms with E-state index in [1.54, 1.807) is 0 Å². The molecule has 0 unspecified atom stereocenters. The highest BCUT2D eigenvalue weighted by atomic mass is 16.3. The molecule has 1 aromatic heterocycles. The van der Waals surface area contributed by atoms with Crippen LogP contribution in [0.5, 0.6) is 0 Å². The lowest BCUT2D eigenvalue weighted by atomic mass is 10.0. The molecule has 0 N–H and O–H groups in total. The summed E-state index contributed by atoms with van der Waals surface area (Å²) >= 11 is 0. The molecule has 0 spiro atoms. The molecular weight excluding hydrogens is 354 g/mol. The maximum Gasteiger partial charge on any atom is 0.135 e. The molecule has 0 aliphatic rings. The van der Waals surface area contributed by atoms with Crippen molar-refractivity contribution >= 4 is 27.6 Å². The summed E-state index contributed by atoms with van der Waals surface area (Å²) in [5, 5.41) is 2.36. The number of hydrogen-bond donors (Lipinski definition) is 0. The number of nitrogens with zero attached hydrogens (tertiary/aromatic N) is 1. The SMILES string of the molecule is CN(Cc1ccc2oc3ccccc3c2c1)c1ccc(Cc2ccccc2)cc1.